The molecule has 5 atom stereocenters. The van der Waals surface area contributed by atoms with Gasteiger partial charge in [-0.2, -0.15) is 0 Å². The Hall–Kier alpha value is -3.75. The van der Waals surface area contributed by atoms with E-state index in [4.69, 9.17) is 23.4 Å². The van der Waals surface area contributed by atoms with Crippen molar-refractivity contribution in [2.24, 2.45) is 0 Å². The minimum Gasteiger partial charge on any atom is -0.504 e. The number of aliphatic hydroxyl groups is 4. The molecule has 2 aromatic carbocycles. The zero-order valence-electron chi connectivity index (χ0n) is 19.0. The van der Waals surface area contributed by atoms with Gasteiger partial charge >= 0.3 is 0 Å². The maximum Gasteiger partial charge on any atom is 0.239 e. The molecule has 1 aromatic heterocycles. The van der Waals surface area contributed by atoms with Crippen LogP contribution in [0.5, 0.6) is 34.5 Å². The molecule has 0 bridgehead atoms. The zero-order chi connectivity index (χ0) is 26.3. The fourth-order valence-electron chi connectivity index (χ4n) is 3.90. The minimum absolute atomic E-state index is 0.0849. The molecule has 1 fully saturated rings. The van der Waals surface area contributed by atoms with Crippen molar-refractivity contribution in [3.8, 4) is 45.8 Å². The number of phenolic OH excluding ortho intramolecular Hbond substituents is 3. The predicted octanol–water partition coefficient (Wildman–Crippen LogP) is -0.227. The Morgan fingerprint density at radius 2 is 1.64 bits per heavy atom. The number of hydrogen-bond acceptors (Lipinski definition) is 13. The second kappa shape index (κ2) is 9.72. The van der Waals surface area contributed by atoms with Crippen LogP contribution in [0.1, 0.15) is 0 Å². The summed E-state index contributed by atoms with van der Waals surface area (Å²) in [5, 5.41) is 70.5. The standard InChI is InChI=1S/C23H24O13/c1-32-11-4-3-8(5-9(11)25)20-22(36-23-19(31)18(30)15(27)13(7-24)35-23)17(29)14-12(34-20)6-10(26)21(33-2)16(14)28/h3-6,13,15,18-19,23-28,30-31H,7H2,1-2H3. The molecule has 1 saturated heterocycles. The fraction of sp³-hybridized carbons (Fsp3) is 0.348. The molecule has 3 aromatic rings. The van der Waals surface area contributed by atoms with E-state index in [9.17, 15) is 40.5 Å². The van der Waals surface area contributed by atoms with Gasteiger partial charge in [0.2, 0.25) is 23.2 Å². The van der Waals surface area contributed by atoms with Gasteiger partial charge in [0.05, 0.1) is 20.8 Å². The predicted molar refractivity (Wildman–Crippen MR) is 120 cm³/mol. The van der Waals surface area contributed by atoms with Gasteiger partial charge in [-0.15, -0.1) is 0 Å². The molecule has 7 N–H and O–H groups in total. The summed E-state index contributed by atoms with van der Waals surface area (Å²) in [6, 6.07) is 4.99. The van der Waals surface area contributed by atoms with Gasteiger partial charge in [0, 0.05) is 11.6 Å². The van der Waals surface area contributed by atoms with E-state index in [2.05, 4.69) is 0 Å². The average molecular weight is 508 g/mol. The highest BCUT2D eigenvalue weighted by atomic mass is 16.7. The van der Waals surface area contributed by atoms with E-state index in [1.54, 1.807) is 0 Å². The summed E-state index contributed by atoms with van der Waals surface area (Å²) >= 11 is 0. The molecule has 0 spiro atoms. The molecule has 0 radical (unpaired) electrons. The Bertz CT molecular complexity index is 1330. The molecule has 0 amide bonds. The molecule has 1 aliphatic rings. The summed E-state index contributed by atoms with van der Waals surface area (Å²) in [6.45, 7) is -0.742. The molecule has 36 heavy (non-hydrogen) atoms. The van der Waals surface area contributed by atoms with Crippen LogP contribution in [0.3, 0.4) is 0 Å². The second-order valence-corrected chi connectivity index (χ2v) is 7.94. The lowest BCUT2D eigenvalue weighted by Gasteiger charge is -2.39. The third-order valence-corrected chi connectivity index (χ3v) is 5.78. The van der Waals surface area contributed by atoms with Crippen molar-refractivity contribution in [3.63, 3.8) is 0 Å². The molecule has 4 rings (SSSR count). The molecule has 2 heterocycles. The van der Waals surface area contributed by atoms with Gasteiger partial charge in [-0.25, -0.2) is 0 Å². The van der Waals surface area contributed by atoms with Crippen LogP contribution in [0.15, 0.2) is 33.5 Å². The molecule has 13 heteroatoms. The number of phenols is 3. The lowest BCUT2D eigenvalue weighted by atomic mass is 9.99. The van der Waals surface area contributed by atoms with Crippen LogP contribution < -0.4 is 19.6 Å². The van der Waals surface area contributed by atoms with Crippen molar-refractivity contribution in [1.29, 1.82) is 0 Å². The summed E-state index contributed by atoms with van der Waals surface area (Å²) in [6.07, 6.45) is -8.44. The Balaban J connectivity index is 1.95. The van der Waals surface area contributed by atoms with Crippen LogP contribution in [0.25, 0.3) is 22.3 Å². The lowest BCUT2D eigenvalue weighted by molar-refractivity contribution is -0.277. The van der Waals surface area contributed by atoms with E-state index in [0.29, 0.717) is 0 Å². The third kappa shape index (κ3) is 4.12. The zero-order valence-corrected chi connectivity index (χ0v) is 19.0. The van der Waals surface area contributed by atoms with E-state index in [-0.39, 0.29) is 28.4 Å². The van der Waals surface area contributed by atoms with Gasteiger partial charge in [-0.05, 0) is 18.2 Å². The molecule has 1 aliphatic heterocycles. The molecular weight excluding hydrogens is 484 g/mol. The topological polar surface area (TPSA) is 209 Å². The molecular formula is C23H24O13. The van der Waals surface area contributed by atoms with E-state index in [0.717, 1.165) is 13.2 Å². The maximum absolute atomic E-state index is 13.5. The van der Waals surface area contributed by atoms with Crippen LogP contribution in [0.2, 0.25) is 0 Å². The Morgan fingerprint density at radius 1 is 0.917 bits per heavy atom. The van der Waals surface area contributed by atoms with Gasteiger partial charge in [-0.3, -0.25) is 4.79 Å². The number of methoxy groups -OCH3 is 2. The van der Waals surface area contributed by atoms with Crippen molar-refractivity contribution in [2.75, 3.05) is 20.8 Å². The van der Waals surface area contributed by atoms with Crippen LogP contribution in [-0.4, -0.2) is 87.3 Å². The number of rotatable bonds is 6. The Labute approximate surface area is 202 Å². The summed E-state index contributed by atoms with van der Waals surface area (Å²) in [5.74, 6) is -2.86. The van der Waals surface area contributed by atoms with E-state index >= 15 is 0 Å². The van der Waals surface area contributed by atoms with Crippen molar-refractivity contribution in [1.82, 2.24) is 0 Å². The molecule has 5 unspecified atom stereocenters. The van der Waals surface area contributed by atoms with Gasteiger partial charge in [0.1, 0.15) is 35.4 Å². The number of fused-ring (bicyclic) bond motifs is 1. The molecule has 0 aliphatic carbocycles. The number of benzene rings is 2. The number of ether oxygens (including phenoxy) is 4. The van der Waals surface area contributed by atoms with Crippen molar-refractivity contribution in [2.45, 2.75) is 30.7 Å². The normalized spacial score (nSPS) is 24.0. The van der Waals surface area contributed by atoms with Crippen molar-refractivity contribution >= 4 is 11.0 Å². The van der Waals surface area contributed by atoms with Crippen LogP contribution >= 0.6 is 0 Å². The summed E-state index contributed by atoms with van der Waals surface area (Å²) in [7, 11) is 2.49. The number of aliphatic hydroxyl groups excluding tert-OH is 4. The van der Waals surface area contributed by atoms with Gasteiger partial charge < -0.3 is 59.1 Å². The Morgan fingerprint density at radius 3 is 2.25 bits per heavy atom. The molecule has 194 valence electrons. The first-order valence-corrected chi connectivity index (χ1v) is 10.6. The van der Waals surface area contributed by atoms with Crippen molar-refractivity contribution in [3.05, 3.63) is 34.5 Å². The van der Waals surface area contributed by atoms with Gasteiger partial charge in [0.25, 0.3) is 0 Å². The first-order chi connectivity index (χ1) is 17.1. The van der Waals surface area contributed by atoms with Crippen LogP contribution in [-0.2, 0) is 4.74 Å². The maximum atomic E-state index is 13.5. The van der Waals surface area contributed by atoms with Gasteiger partial charge in [-0.1, -0.05) is 0 Å². The first-order valence-electron chi connectivity index (χ1n) is 10.6. The summed E-state index contributed by atoms with van der Waals surface area (Å²) in [4.78, 5) is 13.5. The summed E-state index contributed by atoms with van der Waals surface area (Å²) in [5.41, 5.74) is -1.18. The molecule has 13 nitrogen and oxygen atoms in total. The van der Waals surface area contributed by atoms with E-state index in [1.165, 1.54) is 25.3 Å². The largest absolute Gasteiger partial charge is 0.504 e. The highest BCUT2D eigenvalue weighted by Crippen LogP contribution is 2.44. The number of aromatic hydroxyl groups is 3. The molecule has 0 saturated carbocycles. The second-order valence-electron chi connectivity index (χ2n) is 7.94. The minimum atomic E-state index is -1.86. The highest BCUT2D eigenvalue weighted by molar-refractivity contribution is 5.91. The Kier molecular flexibility index (Phi) is 6.84. The van der Waals surface area contributed by atoms with Crippen LogP contribution in [0.4, 0.5) is 0 Å². The fourth-order valence-corrected chi connectivity index (χ4v) is 3.90. The summed E-state index contributed by atoms with van der Waals surface area (Å²) < 4.78 is 26.7. The van der Waals surface area contributed by atoms with E-state index < -0.39 is 71.1 Å². The lowest BCUT2D eigenvalue weighted by Crippen LogP contribution is -2.60. The SMILES string of the molecule is COc1ccc(-c2oc3cc(O)c(OC)c(O)c3c(=O)c2OC2OC(CO)C(O)C(O)C2O)cc1O. The smallest absolute Gasteiger partial charge is 0.239 e. The highest BCUT2D eigenvalue weighted by Gasteiger charge is 2.45. The van der Waals surface area contributed by atoms with Gasteiger partial charge in [0.15, 0.2) is 28.8 Å². The van der Waals surface area contributed by atoms with E-state index in [1.807, 2.05) is 0 Å². The number of hydrogen-bond donors (Lipinski definition) is 7. The average Bonchev–Trinajstić information content (AvgIpc) is 2.85. The quantitative estimate of drug-likeness (QED) is 0.230. The monoisotopic (exact) mass is 508 g/mol. The van der Waals surface area contributed by atoms with Crippen LogP contribution in [0, 0.1) is 0 Å². The third-order valence-electron chi connectivity index (χ3n) is 5.78. The first kappa shape index (κ1) is 25.3. The van der Waals surface area contributed by atoms with Crippen molar-refractivity contribution < 1.29 is 59.1 Å².